The number of hydrogen-bond donors (Lipinski definition) is 5. The van der Waals surface area contributed by atoms with E-state index >= 15 is 0 Å². The molecule has 148 valence electrons. The molecular formula is C19H23N5O3S. The number of nitrogens with zero attached hydrogens (tertiary/aromatic N) is 3. The maximum Gasteiger partial charge on any atom is 0.224 e. The molecule has 8 nitrogen and oxygen atoms in total. The van der Waals surface area contributed by atoms with Gasteiger partial charge >= 0.3 is 0 Å². The van der Waals surface area contributed by atoms with E-state index in [1.165, 1.54) is 0 Å². The lowest BCUT2D eigenvalue weighted by atomic mass is 10.1. The summed E-state index contributed by atoms with van der Waals surface area (Å²) in [5, 5.41) is 37.0. The van der Waals surface area contributed by atoms with E-state index in [-0.39, 0.29) is 12.5 Å². The van der Waals surface area contributed by atoms with Gasteiger partial charge in [-0.1, -0.05) is 12.1 Å². The van der Waals surface area contributed by atoms with Crippen molar-refractivity contribution >= 4 is 33.3 Å². The number of fused-ring (bicyclic) bond motifs is 1. The second-order valence-corrected chi connectivity index (χ2v) is 8.03. The number of para-hydroxylation sites is 1. The quantitative estimate of drug-likeness (QED) is 0.437. The Hall–Kier alpha value is -2.33. The zero-order valence-corrected chi connectivity index (χ0v) is 16.4. The molecule has 2 heterocycles. The lowest BCUT2D eigenvalue weighted by Crippen LogP contribution is -2.35. The Kier molecular flexibility index (Phi) is 5.15. The van der Waals surface area contributed by atoms with Gasteiger partial charge in [-0.3, -0.25) is 0 Å². The normalized spacial score (nSPS) is 24.6. The molecule has 1 aromatic carbocycles. The maximum absolute atomic E-state index is 10.4. The van der Waals surface area contributed by atoms with Gasteiger partial charge in [-0.25, -0.2) is 9.97 Å². The van der Waals surface area contributed by atoms with E-state index in [9.17, 15) is 15.3 Å². The van der Waals surface area contributed by atoms with Gasteiger partial charge in [-0.15, -0.1) is 11.3 Å². The molecule has 0 bridgehead atoms. The van der Waals surface area contributed by atoms with Crippen LogP contribution in [0.15, 0.2) is 24.3 Å². The molecule has 2 aromatic heterocycles. The summed E-state index contributed by atoms with van der Waals surface area (Å²) in [6.07, 6.45) is -1.52. The molecule has 4 rings (SSSR count). The van der Waals surface area contributed by atoms with Crippen LogP contribution in [0.3, 0.4) is 0 Å². The third kappa shape index (κ3) is 3.30. The number of aliphatic hydroxyl groups excluding tert-OH is 3. The Morgan fingerprint density at radius 1 is 1.14 bits per heavy atom. The van der Waals surface area contributed by atoms with Crippen molar-refractivity contribution in [2.45, 2.75) is 31.6 Å². The number of anilines is 2. The van der Waals surface area contributed by atoms with Crippen LogP contribution in [0.1, 0.15) is 12.1 Å². The van der Waals surface area contributed by atoms with Crippen molar-refractivity contribution in [2.24, 2.45) is 5.92 Å². The number of nitrogens with one attached hydrogen (secondary N) is 2. The first-order chi connectivity index (χ1) is 13.5. The predicted octanol–water partition coefficient (Wildman–Crippen LogP) is 1.62. The highest BCUT2D eigenvalue weighted by Gasteiger charge is 2.41. The van der Waals surface area contributed by atoms with E-state index in [4.69, 9.17) is 4.98 Å². The van der Waals surface area contributed by atoms with E-state index in [1.807, 2.05) is 31.2 Å². The minimum atomic E-state index is -0.992. The molecule has 0 saturated heterocycles. The molecule has 0 amide bonds. The van der Waals surface area contributed by atoms with Gasteiger partial charge in [0.05, 0.1) is 33.6 Å². The SMILES string of the molecule is CNc1nc(C)c(-c2nc3ccccc3s2)c(N[C@@H]2C[C@H](CO)[C@@H](O)[C@H]2O)n1. The lowest BCUT2D eigenvalue weighted by Gasteiger charge is -2.21. The van der Waals surface area contributed by atoms with Crippen LogP contribution in [0.5, 0.6) is 0 Å². The van der Waals surface area contributed by atoms with Crippen LogP contribution in [-0.2, 0) is 0 Å². The molecule has 28 heavy (non-hydrogen) atoms. The van der Waals surface area contributed by atoms with Gasteiger partial charge in [-0.05, 0) is 25.5 Å². The van der Waals surface area contributed by atoms with E-state index in [1.54, 1.807) is 18.4 Å². The van der Waals surface area contributed by atoms with Gasteiger partial charge in [0.1, 0.15) is 16.9 Å². The molecule has 1 aliphatic rings. The number of thiazole rings is 1. The highest BCUT2D eigenvalue weighted by Crippen LogP contribution is 2.37. The van der Waals surface area contributed by atoms with Crippen LogP contribution >= 0.6 is 11.3 Å². The number of rotatable bonds is 5. The Morgan fingerprint density at radius 2 is 1.93 bits per heavy atom. The van der Waals surface area contributed by atoms with Crippen LogP contribution in [-0.4, -0.2) is 62.2 Å². The third-order valence-corrected chi connectivity index (χ3v) is 6.23. The molecule has 1 fully saturated rings. The smallest absolute Gasteiger partial charge is 0.224 e. The fourth-order valence-corrected chi connectivity index (χ4v) is 4.71. The number of benzene rings is 1. The van der Waals surface area contributed by atoms with Crippen molar-refractivity contribution in [3.8, 4) is 10.6 Å². The topological polar surface area (TPSA) is 123 Å². The monoisotopic (exact) mass is 401 g/mol. The van der Waals surface area contributed by atoms with Gasteiger partial charge < -0.3 is 26.0 Å². The predicted molar refractivity (Wildman–Crippen MR) is 110 cm³/mol. The molecule has 0 radical (unpaired) electrons. The summed E-state index contributed by atoms with van der Waals surface area (Å²) in [6, 6.07) is 7.47. The van der Waals surface area contributed by atoms with Crippen molar-refractivity contribution in [1.82, 2.24) is 15.0 Å². The summed E-state index contributed by atoms with van der Waals surface area (Å²) in [6.45, 7) is 1.72. The first kappa shape index (κ1) is 19.0. The summed E-state index contributed by atoms with van der Waals surface area (Å²) >= 11 is 1.55. The fourth-order valence-electron chi connectivity index (χ4n) is 3.65. The molecule has 0 aliphatic heterocycles. The molecule has 1 saturated carbocycles. The van der Waals surface area contributed by atoms with E-state index in [2.05, 4.69) is 20.6 Å². The highest BCUT2D eigenvalue weighted by atomic mass is 32.1. The van der Waals surface area contributed by atoms with Crippen LogP contribution in [0, 0.1) is 12.8 Å². The van der Waals surface area contributed by atoms with Crippen LogP contribution in [0.2, 0.25) is 0 Å². The summed E-state index contributed by atoms with van der Waals surface area (Å²) in [5.41, 5.74) is 2.43. The summed E-state index contributed by atoms with van der Waals surface area (Å²) in [5.74, 6) is 0.632. The summed E-state index contributed by atoms with van der Waals surface area (Å²) < 4.78 is 1.07. The standard InChI is InChI=1S/C19H23N5O3S/c1-9-14(18-23-11-5-3-4-6-13(11)28-18)17(24-19(20-2)21-9)22-12-7-10(8-25)15(26)16(12)27/h3-6,10,12,15-16,25-27H,7-8H2,1-2H3,(H2,20,21,22,24)/t10-,12-,15-,16+/m1/s1. The Balaban J connectivity index is 1.76. The van der Waals surface area contributed by atoms with Crippen LogP contribution in [0.4, 0.5) is 11.8 Å². The number of aliphatic hydroxyl groups is 3. The molecule has 5 N–H and O–H groups in total. The second-order valence-electron chi connectivity index (χ2n) is 7.00. The maximum atomic E-state index is 10.4. The van der Waals surface area contributed by atoms with Crippen molar-refractivity contribution in [3.05, 3.63) is 30.0 Å². The molecular weight excluding hydrogens is 378 g/mol. The van der Waals surface area contributed by atoms with Crippen LogP contribution < -0.4 is 10.6 Å². The first-order valence-electron chi connectivity index (χ1n) is 9.17. The zero-order chi connectivity index (χ0) is 19.8. The van der Waals surface area contributed by atoms with Crippen molar-refractivity contribution < 1.29 is 15.3 Å². The first-order valence-corrected chi connectivity index (χ1v) is 9.99. The third-order valence-electron chi connectivity index (χ3n) is 5.18. The van der Waals surface area contributed by atoms with E-state index in [0.29, 0.717) is 18.2 Å². The van der Waals surface area contributed by atoms with Crippen LogP contribution in [0.25, 0.3) is 20.8 Å². The molecule has 3 aromatic rings. The van der Waals surface area contributed by atoms with Gasteiger partial charge in [0.15, 0.2) is 0 Å². The fraction of sp³-hybridized carbons (Fsp3) is 0.421. The van der Waals surface area contributed by atoms with Gasteiger partial charge in [0.25, 0.3) is 0 Å². The summed E-state index contributed by atoms with van der Waals surface area (Å²) in [4.78, 5) is 13.8. The molecule has 4 atom stereocenters. The number of hydrogen-bond acceptors (Lipinski definition) is 9. The minimum absolute atomic E-state index is 0.175. The Bertz CT molecular complexity index is 962. The van der Waals surface area contributed by atoms with Crippen molar-refractivity contribution in [3.63, 3.8) is 0 Å². The van der Waals surface area contributed by atoms with Gasteiger partial charge in [0, 0.05) is 19.6 Å². The average Bonchev–Trinajstić information content (AvgIpc) is 3.23. The Labute approximate surface area is 166 Å². The zero-order valence-electron chi connectivity index (χ0n) is 15.6. The number of aryl methyl sites for hydroxylation is 1. The molecule has 9 heteroatoms. The minimum Gasteiger partial charge on any atom is -0.396 e. The summed E-state index contributed by atoms with van der Waals surface area (Å²) in [7, 11) is 1.74. The highest BCUT2D eigenvalue weighted by molar-refractivity contribution is 7.21. The second kappa shape index (κ2) is 7.59. The molecule has 0 unspecified atom stereocenters. The largest absolute Gasteiger partial charge is 0.396 e. The average molecular weight is 401 g/mol. The Morgan fingerprint density at radius 3 is 2.61 bits per heavy atom. The molecule has 0 spiro atoms. The van der Waals surface area contributed by atoms with Gasteiger partial charge in [0.2, 0.25) is 5.95 Å². The van der Waals surface area contributed by atoms with E-state index < -0.39 is 18.2 Å². The lowest BCUT2D eigenvalue weighted by molar-refractivity contribution is 0.00446. The van der Waals surface area contributed by atoms with Crippen molar-refractivity contribution in [2.75, 3.05) is 24.3 Å². The number of aromatic nitrogens is 3. The molecule has 1 aliphatic carbocycles. The van der Waals surface area contributed by atoms with E-state index in [0.717, 1.165) is 26.5 Å². The van der Waals surface area contributed by atoms with Gasteiger partial charge in [-0.2, -0.15) is 4.98 Å². The van der Waals surface area contributed by atoms with Crippen molar-refractivity contribution in [1.29, 1.82) is 0 Å².